The Kier molecular flexibility index (Phi) is 10.1. The van der Waals surface area contributed by atoms with E-state index in [1.54, 1.807) is 13.0 Å². The van der Waals surface area contributed by atoms with Gasteiger partial charge in [-0.05, 0) is 38.8 Å². The van der Waals surface area contributed by atoms with Crippen molar-refractivity contribution in [1.82, 2.24) is 15.0 Å². The van der Waals surface area contributed by atoms with Crippen LogP contribution in [0.2, 0.25) is 0 Å². The normalized spacial score (nSPS) is 10.5. The maximum atomic E-state index is 9.67. The zero-order valence-electron chi connectivity index (χ0n) is 16.4. The molecule has 4 N–H and O–H groups in total. The van der Waals surface area contributed by atoms with Gasteiger partial charge in [0, 0.05) is 19.6 Å². The van der Waals surface area contributed by atoms with Crippen LogP contribution in [-0.4, -0.2) is 34.3 Å². The average Bonchev–Trinajstić information content (AvgIpc) is 2.73. The molecule has 1 aromatic carbocycles. The summed E-state index contributed by atoms with van der Waals surface area (Å²) in [5.74, 6) is 6.89. The molecule has 146 valence electrons. The van der Waals surface area contributed by atoms with Gasteiger partial charge in [-0.2, -0.15) is 15.0 Å². The van der Waals surface area contributed by atoms with Crippen LogP contribution in [0.1, 0.15) is 33.3 Å². The number of nitrogens with zero attached hydrogens (tertiary/aromatic N) is 4. The standard InChI is InChI=1S/C14H21N7.C5H8O/c1-3-21(4-2)14-18-12(17-13(19-14)20-15)16-10-11-8-6-5-7-9-11;1-3-5(2)4-6/h5-9H,3-4,10,15H2,1-2H3,(H2,16,17,18,19,20);3-4H,1-2H3/b;5-3+. The Morgan fingerprint density at radius 3 is 2.22 bits per heavy atom. The molecule has 1 aromatic heterocycles. The lowest BCUT2D eigenvalue weighted by Crippen LogP contribution is -2.26. The first-order chi connectivity index (χ1) is 13.1. The van der Waals surface area contributed by atoms with Crippen molar-refractivity contribution in [3.05, 3.63) is 47.5 Å². The topological polar surface area (TPSA) is 109 Å². The largest absolute Gasteiger partial charge is 0.350 e. The number of hydrogen-bond acceptors (Lipinski definition) is 8. The highest BCUT2D eigenvalue weighted by molar-refractivity contribution is 5.71. The summed E-state index contributed by atoms with van der Waals surface area (Å²) in [6.07, 6.45) is 2.60. The minimum atomic E-state index is 0.350. The molecule has 0 bridgehead atoms. The Labute approximate surface area is 160 Å². The molecule has 0 fully saturated rings. The second-order valence-corrected chi connectivity index (χ2v) is 5.59. The fourth-order valence-electron chi connectivity index (χ4n) is 2.00. The van der Waals surface area contributed by atoms with Gasteiger partial charge in [-0.15, -0.1) is 0 Å². The van der Waals surface area contributed by atoms with Crippen LogP contribution >= 0.6 is 0 Å². The molecule has 0 unspecified atom stereocenters. The number of aldehydes is 1. The average molecular weight is 371 g/mol. The van der Waals surface area contributed by atoms with E-state index in [9.17, 15) is 4.79 Å². The van der Waals surface area contributed by atoms with Crippen molar-refractivity contribution < 1.29 is 4.79 Å². The van der Waals surface area contributed by atoms with Crippen molar-refractivity contribution in [2.24, 2.45) is 5.84 Å². The number of hydrazine groups is 1. The molecular formula is C19H29N7O. The molecule has 0 aliphatic heterocycles. The molecule has 0 atom stereocenters. The van der Waals surface area contributed by atoms with Crippen LogP contribution in [0.25, 0.3) is 0 Å². The van der Waals surface area contributed by atoms with Crippen LogP contribution < -0.4 is 21.5 Å². The molecule has 0 aliphatic rings. The van der Waals surface area contributed by atoms with E-state index in [-0.39, 0.29) is 0 Å². The molecule has 27 heavy (non-hydrogen) atoms. The highest BCUT2D eigenvalue weighted by Crippen LogP contribution is 2.13. The van der Waals surface area contributed by atoms with Gasteiger partial charge in [-0.1, -0.05) is 36.4 Å². The smallest absolute Gasteiger partial charge is 0.243 e. The minimum Gasteiger partial charge on any atom is -0.350 e. The minimum absolute atomic E-state index is 0.350. The number of anilines is 3. The summed E-state index contributed by atoms with van der Waals surface area (Å²) in [4.78, 5) is 24.6. The van der Waals surface area contributed by atoms with E-state index in [2.05, 4.69) is 39.5 Å². The molecule has 0 aliphatic carbocycles. The van der Waals surface area contributed by atoms with Crippen LogP contribution in [0.15, 0.2) is 42.0 Å². The Bertz CT molecular complexity index is 715. The molecule has 2 rings (SSSR count). The van der Waals surface area contributed by atoms with Crippen molar-refractivity contribution in [1.29, 1.82) is 0 Å². The highest BCUT2D eigenvalue weighted by atomic mass is 16.1. The van der Waals surface area contributed by atoms with Gasteiger partial charge in [0.25, 0.3) is 0 Å². The zero-order valence-corrected chi connectivity index (χ0v) is 16.4. The third-order valence-corrected chi connectivity index (χ3v) is 3.73. The van der Waals surface area contributed by atoms with Crippen molar-refractivity contribution >= 4 is 24.1 Å². The number of carbonyl (C=O) groups excluding carboxylic acids is 1. The van der Waals surface area contributed by atoms with Crippen molar-refractivity contribution in [3.8, 4) is 0 Å². The zero-order chi connectivity index (χ0) is 20.1. The van der Waals surface area contributed by atoms with E-state index in [0.717, 1.165) is 30.5 Å². The van der Waals surface area contributed by atoms with E-state index in [1.807, 2.05) is 42.2 Å². The monoisotopic (exact) mass is 371 g/mol. The molecule has 8 nitrogen and oxygen atoms in total. The third kappa shape index (κ3) is 7.83. The summed E-state index contributed by atoms with van der Waals surface area (Å²) in [7, 11) is 0. The van der Waals surface area contributed by atoms with E-state index >= 15 is 0 Å². The molecule has 8 heteroatoms. The number of nitrogens with one attached hydrogen (secondary N) is 2. The number of allylic oxidation sites excluding steroid dienone is 2. The number of nitrogens with two attached hydrogens (primary N) is 1. The maximum Gasteiger partial charge on any atom is 0.243 e. The molecule has 0 amide bonds. The molecule has 1 heterocycles. The van der Waals surface area contributed by atoms with Crippen LogP contribution in [-0.2, 0) is 11.3 Å². The molecule has 2 aromatic rings. The molecule has 0 spiro atoms. The Morgan fingerprint density at radius 2 is 1.74 bits per heavy atom. The molecule has 0 radical (unpaired) electrons. The van der Waals surface area contributed by atoms with Crippen LogP contribution in [0.4, 0.5) is 17.8 Å². The lowest BCUT2D eigenvalue weighted by molar-refractivity contribution is -0.104. The van der Waals surface area contributed by atoms with Gasteiger partial charge < -0.3 is 10.2 Å². The van der Waals surface area contributed by atoms with E-state index in [0.29, 0.717) is 24.4 Å². The highest BCUT2D eigenvalue weighted by Gasteiger charge is 2.10. The lowest BCUT2D eigenvalue weighted by atomic mass is 10.2. The summed E-state index contributed by atoms with van der Waals surface area (Å²) in [5.41, 5.74) is 4.42. The number of carbonyl (C=O) groups is 1. The number of nitrogen functional groups attached to an aromatic ring is 1. The SMILES string of the molecule is C/C=C(\C)C=O.CCN(CC)c1nc(NN)nc(NCc2ccccc2)n1. The number of aromatic nitrogens is 3. The van der Waals surface area contributed by atoms with Crippen molar-refractivity contribution in [2.45, 2.75) is 34.2 Å². The van der Waals surface area contributed by atoms with Gasteiger partial charge in [-0.3, -0.25) is 10.2 Å². The Balaban J connectivity index is 0.000000527. The van der Waals surface area contributed by atoms with Gasteiger partial charge in [0.2, 0.25) is 17.8 Å². The molecule has 0 saturated heterocycles. The quantitative estimate of drug-likeness (QED) is 0.281. The molecule has 0 saturated carbocycles. The predicted octanol–water partition coefficient (Wildman–Crippen LogP) is 2.77. The predicted molar refractivity (Wildman–Crippen MR) is 110 cm³/mol. The number of hydrogen-bond donors (Lipinski definition) is 3. The van der Waals surface area contributed by atoms with E-state index in [1.165, 1.54) is 0 Å². The summed E-state index contributed by atoms with van der Waals surface area (Å²) in [6, 6.07) is 10.1. The Hall–Kier alpha value is -3.00. The summed E-state index contributed by atoms with van der Waals surface area (Å²) in [6.45, 7) is 10.0. The first kappa shape index (κ1) is 22.0. The fraction of sp³-hybridized carbons (Fsp3) is 0.368. The third-order valence-electron chi connectivity index (χ3n) is 3.73. The van der Waals surface area contributed by atoms with Crippen LogP contribution in [0, 0.1) is 0 Å². The van der Waals surface area contributed by atoms with Crippen molar-refractivity contribution in [2.75, 3.05) is 28.7 Å². The van der Waals surface area contributed by atoms with Gasteiger partial charge in [-0.25, -0.2) is 5.84 Å². The van der Waals surface area contributed by atoms with E-state index < -0.39 is 0 Å². The van der Waals surface area contributed by atoms with Gasteiger partial charge in [0.15, 0.2) is 0 Å². The lowest BCUT2D eigenvalue weighted by Gasteiger charge is -2.19. The second-order valence-electron chi connectivity index (χ2n) is 5.59. The Morgan fingerprint density at radius 1 is 1.11 bits per heavy atom. The second kappa shape index (κ2) is 12.4. The summed E-state index contributed by atoms with van der Waals surface area (Å²) in [5, 5.41) is 3.19. The van der Waals surface area contributed by atoms with Gasteiger partial charge >= 0.3 is 0 Å². The van der Waals surface area contributed by atoms with E-state index in [4.69, 9.17) is 5.84 Å². The number of rotatable bonds is 8. The fourth-order valence-corrected chi connectivity index (χ4v) is 2.00. The van der Waals surface area contributed by atoms with Gasteiger partial charge in [0.1, 0.15) is 6.29 Å². The molecular weight excluding hydrogens is 342 g/mol. The van der Waals surface area contributed by atoms with Crippen LogP contribution in [0.5, 0.6) is 0 Å². The van der Waals surface area contributed by atoms with Crippen molar-refractivity contribution in [3.63, 3.8) is 0 Å². The summed E-state index contributed by atoms with van der Waals surface area (Å²) < 4.78 is 0. The maximum absolute atomic E-state index is 9.67. The van der Waals surface area contributed by atoms with Crippen LogP contribution in [0.3, 0.4) is 0 Å². The summed E-state index contributed by atoms with van der Waals surface area (Å²) >= 11 is 0. The first-order valence-corrected chi connectivity index (χ1v) is 8.91. The van der Waals surface area contributed by atoms with Gasteiger partial charge in [0.05, 0.1) is 0 Å². The number of benzene rings is 1. The first-order valence-electron chi connectivity index (χ1n) is 8.91.